The number of aromatic nitrogens is 3. The Morgan fingerprint density at radius 3 is 2.60 bits per heavy atom. The van der Waals surface area contributed by atoms with Crippen LogP contribution < -0.4 is 16.3 Å². The molecule has 0 bridgehead atoms. The van der Waals surface area contributed by atoms with E-state index in [-0.39, 0.29) is 11.7 Å². The van der Waals surface area contributed by atoms with Gasteiger partial charge in [-0.05, 0) is 36.5 Å². The molecule has 0 spiro atoms. The zero-order valence-electron chi connectivity index (χ0n) is 14.5. The van der Waals surface area contributed by atoms with E-state index in [1.54, 1.807) is 7.05 Å². The second kappa shape index (κ2) is 8.00. The summed E-state index contributed by atoms with van der Waals surface area (Å²) in [6, 6.07) is 7.89. The molecule has 2 amide bonds. The van der Waals surface area contributed by atoms with E-state index in [1.165, 1.54) is 42.2 Å². The van der Waals surface area contributed by atoms with E-state index in [4.69, 9.17) is 0 Å². The minimum atomic E-state index is -0.258. The largest absolute Gasteiger partial charge is 0.343 e. The molecule has 1 saturated carbocycles. The lowest BCUT2D eigenvalue weighted by Gasteiger charge is -2.22. The molecule has 1 aliphatic carbocycles. The molecule has 0 radical (unpaired) electrons. The molecule has 1 heterocycles. The van der Waals surface area contributed by atoms with E-state index >= 15 is 0 Å². The van der Waals surface area contributed by atoms with Crippen LogP contribution in [0.4, 0.5) is 10.5 Å². The van der Waals surface area contributed by atoms with Crippen LogP contribution in [0.25, 0.3) is 0 Å². The lowest BCUT2D eigenvalue weighted by Crippen LogP contribution is -2.31. The molecule has 25 heavy (non-hydrogen) atoms. The maximum Gasteiger partial charge on any atom is 0.343 e. The SMILES string of the molecule is Cn1c(CCNC(=O)Nc2ccc(C3CCCCC3)cc2)n[nH]c1=O. The Hall–Kier alpha value is -2.57. The molecule has 7 nitrogen and oxygen atoms in total. The quantitative estimate of drug-likeness (QED) is 0.779. The van der Waals surface area contributed by atoms with Crippen molar-refractivity contribution in [1.82, 2.24) is 20.1 Å². The van der Waals surface area contributed by atoms with Crippen molar-refractivity contribution in [3.8, 4) is 0 Å². The Morgan fingerprint density at radius 2 is 1.96 bits per heavy atom. The van der Waals surface area contributed by atoms with Crippen molar-refractivity contribution in [1.29, 1.82) is 0 Å². The summed E-state index contributed by atoms with van der Waals surface area (Å²) in [7, 11) is 1.65. The average Bonchev–Trinajstić information content (AvgIpc) is 2.95. The zero-order valence-corrected chi connectivity index (χ0v) is 14.5. The molecule has 1 aromatic carbocycles. The fourth-order valence-corrected chi connectivity index (χ4v) is 3.34. The predicted octanol–water partition coefficient (Wildman–Crippen LogP) is 2.52. The smallest absolute Gasteiger partial charge is 0.337 e. The second-order valence-electron chi connectivity index (χ2n) is 6.59. The Kier molecular flexibility index (Phi) is 5.53. The molecule has 1 aromatic heterocycles. The summed E-state index contributed by atoms with van der Waals surface area (Å²) >= 11 is 0. The van der Waals surface area contributed by atoms with Crippen LogP contribution in [0.2, 0.25) is 0 Å². The number of hydrogen-bond acceptors (Lipinski definition) is 3. The topological polar surface area (TPSA) is 91.8 Å². The Labute approximate surface area is 146 Å². The van der Waals surface area contributed by atoms with Gasteiger partial charge >= 0.3 is 11.7 Å². The minimum Gasteiger partial charge on any atom is -0.337 e. The number of carbonyl (C=O) groups excluding carboxylic acids is 1. The van der Waals surface area contributed by atoms with Crippen molar-refractivity contribution in [2.24, 2.45) is 7.05 Å². The third kappa shape index (κ3) is 4.49. The van der Waals surface area contributed by atoms with Crippen molar-refractivity contribution < 1.29 is 4.79 Å². The van der Waals surface area contributed by atoms with Crippen LogP contribution in [-0.4, -0.2) is 27.3 Å². The fourth-order valence-electron chi connectivity index (χ4n) is 3.34. The highest BCUT2D eigenvalue weighted by Crippen LogP contribution is 2.32. The van der Waals surface area contributed by atoms with Crippen LogP contribution in [0, 0.1) is 0 Å². The number of H-pyrrole nitrogens is 1. The summed E-state index contributed by atoms with van der Waals surface area (Å²) in [5, 5.41) is 11.9. The number of rotatable bonds is 5. The standard InChI is InChI=1S/C18H25N5O2/c1-23-16(21-22-18(23)25)11-12-19-17(24)20-15-9-7-14(8-10-15)13-5-3-2-4-6-13/h7-10,13H,2-6,11-12H2,1H3,(H,22,25)(H2,19,20,24). The van der Waals surface area contributed by atoms with E-state index < -0.39 is 0 Å². The molecule has 1 aliphatic rings. The number of carbonyl (C=O) groups is 1. The second-order valence-corrected chi connectivity index (χ2v) is 6.59. The van der Waals surface area contributed by atoms with Crippen LogP contribution >= 0.6 is 0 Å². The zero-order chi connectivity index (χ0) is 17.6. The van der Waals surface area contributed by atoms with Gasteiger partial charge < -0.3 is 10.6 Å². The molecule has 2 aromatic rings. The van der Waals surface area contributed by atoms with Gasteiger partial charge in [-0.15, -0.1) is 0 Å². The number of amides is 2. The molecule has 134 valence electrons. The lowest BCUT2D eigenvalue weighted by atomic mass is 9.84. The molecule has 3 N–H and O–H groups in total. The van der Waals surface area contributed by atoms with E-state index in [9.17, 15) is 9.59 Å². The number of hydrogen-bond donors (Lipinski definition) is 3. The highest BCUT2D eigenvalue weighted by atomic mass is 16.2. The number of aromatic amines is 1. The number of anilines is 1. The van der Waals surface area contributed by atoms with Gasteiger partial charge in [0.2, 0.25) is 0 Å². The maximum atomic E-state index is 12.0. The van der Waals surface area contributed by atoms with Crippen molar-refractivity contribution in [2.45, 2.75) is 44.4 Å². The highest BCUT2D eigenvalue weighted by Gasteiger charge is 2.15. The van der Waals surface area contributed by atoms with Crippen LogP contribution in [-0.2, 0) is 13.5 Å². The van der Waals surface area contributed by atoms with Gasteiger partial charge in [0, 0.05) is 25.7 Å². The lowest BCUT2D eigenvalue weighted by molar-refractivity contribution is 0.252. The highest BCUT2D eigenvalue weighted by molar-refractivity contribution is 5.89. The van der Waals surface area contributed by atoms with E-state index in [1.807, 2.05) is 12.1 Å². The predicted molar refractivity (Wildman–Crippen MR) is 96.8 cm³/mol. The van der Waals surface area contributed by atoms with Crippen molar-refractivity contribution in [3.63, 3.8) is 0 Å². The van der Waals surface area contributed by atoms with Crippen LogP contribution in [0.3, 0.4) is 0 Å². The summed E-state index contributed by atoms with van der Waals surface area (Å²) in [5.41, 5.74) is 1.90. The van der Waals surface area contributed by atoms with Crippen molar-refractivity contribution in [2.75, 3.05) is 11.9 Å². The van der Waals surface area contributed by atoms with Crippen LogP contribution in [0.1, 0.15) is 49.4 Å². The average molecular weight is 343 g/mol. The Bertz CT molecular complexity index is 757. The minimum absolute atomic E-state index is 0.252. The molecule has 7 heteroatoms. The third-order valence-electron chi connectivity index (χ3n) is 4.85. The summed E-state index contributed by atoms with van der Waals surface area (Å²) in [4.78, 5) is 23.2. The van der Waals surface area contributed by atoms with E-state index in [0.29, 0.717) is 24.7 Å². The van der Waals surface area contributed by atoms with Gasteiger partial charge in [0.15, 0.2) is 0 Å². The number of nitrogens with one attached hydrogen (secondary N) is 3. The summed E-state index contributed by atoms with van der Waals surface area (Å²) in [6.07, 6.45) is 7.00. The first-order valence-electron chi connectivity index (χ1n) is 8.88. The maximum absolute atomic E-state index is 12.0. The summed E-state index contributed by atoms with van der Waals surface area (Å²) in [6.45, 7) is 0.407. The third-order valence-corrected chi connectivity index (χ3v) is 4.85. The monoisotopic (exact) mass is 343 g/mol. The first-order valence-corrected chi connectivity index (χ1v) is 8.88. The van der Waals surface area contributed by atoms with Crippen LogP contribution in [0.15, 0.2) is 29.1 Å². The van der Waals surface area contributed by atoms with Gasteiger partial charge in [0.25, 0.3) is 0 Å². The van der Waals surface area contributed by atoms with Crippen molar-refractivity contribution in [3.05, 3.63) is 46.1 Å². The van der Waals surface area contributed by atoms with E-state index in [2.05, 4.69) is 33.0 Å². The number of benzene rings is 1. The molecular weight excluding hydrogens is 318 g/mol. The molecule has 1 fully saturated rings. The molecule has 0 unspecified atom stereocenters. The van der Waals surface area contributed by atoms with Crippen molar-refractivity contribution >= 4 is 11.7 Å². The fraction of sp³-hybridized carbons (Fsp3) is 0.500. The van der Waals surface area contributed by atoms with Gasteiger partial charge in [-0.3, -0.25) is 4.57 Å². The van der Waals surface area contributed by atoms with Gasteiger partial charge in [-0.2, -0.15) is 5.10 Å². The van der Waals surface area contributed by atoms with Gasteiger partial charge in [0.05, 0.1) is 0 Å². The van der Waals surface area contributed by atoms with E-state index in [0.717, 1.165) is 5.69 Å². The normalized spacial score (nSPS) is 15.1. The first kappa shape index (κ1) is 17.3. The number of urea groups is 1. The van der Waals surface area contributed by atoms with Gasteiger partial charge in [-0.1, -0.05) is 31.4 Å². The summed E-state index contributed by atoms with van der Waals surface area (Å²) in [5.74, 6) is 1.28. The van der Waals surface area contributed by atoms with Crippen LogP contribution in [0.5, 0.6) is 0 Å². The van der Waals surface area contributed by atoms with Gasteiger partial charge in [0.1, 0.15) is 5.82 Å². The Morgan fingerprint density at radius 1 is 1.24 bits per heavy atom. The molecule has 0 atom stereocenters. The number of nitrogens with zero attached hydrogens (tertiary/aromatic N) is 2. The molecule has 0 aliphatic heterocycles. The molecule has 0 saturated heterocycles. The summed E-state index contributed by atoms with van der Waals surface area (Å²) < 4.78 is 1.43. The van der Waals surface area contributed by atoms with Gasteiger partial charge in [-0.25, -0.2) is 14.7 Å². The first-order chi connectivity index (χ1) is 12.1. The molecule has 3 rings (SSSR count). The Balaban J connectivity index is 1.46. The molecular formula is C18H25N5O2.